The molecule has 0 radical (unpaired) electrons. The van der Waals surface area contributed by atoms with Crippen molar-refractivity contribution in [1.29, 1.82) is 0 Å². The monoisotopic (exact) mass is 650 g/mol. The molecule has 1 aromatic carbocycles. The third-order valence-electron chi connectivity index (χ3n) is 7.00. The van der Waals surface area contributed by atoms with E-state index in [0.29, 0.717) is 29.1 Å². The SMILES string of the molecule is CCSC(=O)[C@H](OCc1ccc(OC)cc1)[C@H](O)/C=C(\C)CC/C(=C\C(=O)OCCC(=O)OC)[C@@]1(C)O[C@H](C(C)(C)C)OC1=O. The van der Waals surface area contributed by atoms with Gasteiger partial charge in [0.05, 0.1) is 27.2 Å². The van der Waals surface area contributed by atoms with Crippen LogP contribution < -0.4 is 4.74 Å². The number of benzene rings is 1. The Morgan fingerprint density at radius 3 is 2.33 bits per heavy atom. The first kappa shape index (κ1) is 38.0. The second kappa shape index (κ2) is 17.5. The fourth-order valence-corrected chi connectivity index (χ4v) is 4.91. The fraction of sp³-hybridized carbons (Fsp3) is 0.576. The Hall–Kier alpha value is -3.19. The topological polar surface area (TPSA) is 144 Å². The largest absolute Gasteiger partial charge is 0.497 e. The van der Waals surface area contributed by atoms with E-state index in [1.165, 1.54) is 26.2 Å². The van der Waals surface area contributed by atoms with Crippen LogP contribution in [0.5, 0.6) is 5.75 Å². The number of aliphatic hydroxyl groups excluding tert-OH is 1. The number of carbonyl (C=O) groups is 4. The number of carbonyl (C=O) groups excluding carboxylic acids is 4. The summed E-state index contributed by atoms with van der Waals surface area (Å²) in [5.74, 6) is -0.733. The molecule has 11 nitrogen and oxygen atoms in total. The lowest BCUT2D eigenvalue weighted by Crippen LogP contribution is -2.37. The second-order valence-electron chi connectivity index (χ2n) is 11.8. The van der Waals surface area contributed by atoms with Crippen molar-refractivity contribution in [3.63, 3.8) is 0 Å². The van der Waals surface area contributed by atoms with Gasteiger partial charge in [-0.3, -0.25) is 9.59 Å². The van der Waals surface area contributed by atoms with Gasteiger partial charge in [-0.15, -0.1) is 0 Å². The number of allylic oxidation sites excluding steroid dienone is 1. The van der Waals surface area contributed by atoms with Crippen LogP contribution in [0.15, 0.2) is 47.6 Å². The molecule has 0 unspecified atom stereocenters. The summed E-state index contributed by atoms with van der Waals surface area (Å²) in [6, 6.07) is 7.20. The van der Waals surface area contributed by atoms with Crippen LogP contribution in [0.2, 0.25) is 0 Å². The molecule has 4 atom stereocenters. The van der Waals surface area contributed by atoms with Crippen LogP contribution in [0.1, 0.15) is 66.4 Å². The molecule has 0 aromatic heterocycles. The third-order valence-corrected chi connectivity index (χ3v) is 7.80. The van der Waals surface area contributed by atoms with Gasteiger partial charge in [-0.25, -0.2) is 9.59 Å². The Balaban J connectivity index is 2.23. The number of rotatable bonds is 16. The van der Waals surface area contributed by atoms with E-state index < -0.39 is 47.4 Å². The molecule has 0 bridgehead atoms. The summed E-state index contributed by atoms with van der Waals surface area (Å²) in [7, 11) is 2.80. The molecule has 1 aromatic rings. The lowest BCUT2D eigenvalue weighted by atomic mass is 9.89. The highest BCUT2D eigenvalue weighted by Gasteiger charge is 2.52. The molecule has 45 heavy (non-hydrogen) atoms. The standard InChI is InChI=1S/C33H46O11S/c1-9-45-29(37)28(42-20-22-11-14-24(39-7)15-12-22)25(34)18-21(2)10-13-23(19-27(36)41-17-16-26(35)40-8)33(6)30(38)43-31(44-33)32(3,4)5/h11-12,14-15,18-19,25,28,31,34H,9-10,13,16-17,20H2,1-8H3/b21-18+,23-19+/t25-,28-,31-,33-/m1/s1. The minimum absolute atomic E-state index is 0.104. The van der Waals surface area contributed by atoms with E-state index in [2.05, 4.69) is 4.74 Å². The zero-order valence-corrected chi connectivity index (χ0v) is 28.2. The third kappa shape index (κ3) is 11.6. The van der Waals surface area contributed by atoms with E-state index in [-0.39, 0.29) is 31.2 Å². The van der Waals surface area contributed by atoms with Crippen molar-refractivity contribution in [3.8, 4) is 5.75 Å². The van der Waals surface area contributed by atoms with Crippen molar-refractivity contribution in [2.24, 2.45) is 5.41 Å². The van der Waals surface area contributed by atoms with E-state index in [1.807, 2.05) is 39.8 Å². The average molecular weight is 651 g/mol. The van der Waals surface area contributed by atoms with Crippen molar-refractivity contribution in [2.75, 3.05) is 26.6 Å². The Kier molecular flexibility index (Phi) is 14.8. The molecular weight excluding hydrogens is 604 g/mol. The van der Waals surface area contributed by atoms with Gasteiger partial charge in [0.15, 0.2) is 11.7 Å². The summed E-state index contributed by atoms with van der Waals surface area (Å²) < 4.78 is 32.4. The van der Waals surface area contributed by atoms with E-state index in [4.69, 9.17) is 23.7 Å². The van der Waals surface area contributed by atoms with Gasteiger partial charge >= 0.3 is 17.9 Å². The zero-order chi connectivity index (χ0) is 33.8. The van der Waals surface area contributed by atoms with Crippen molar-refractivity contribution in [2.45, 2.75) is 91.5 Å². The van der Waals surface area contributed by atoms with Crippen molar-refractivity contribution >= 4 is 34.8 Å². The number of ether oxygens (including phenoxy) is 6. The molecule has 2 rings (SSSR count). The average Bonchev–Trinajstić information content (AvgIpc) is 3.30. The molecule has 1 aliphatic rings. The van der Waals surface area contributed by atoms with Crippen molar-refractivity contribution in [1.82, 2.24) is 0 Å². The van der Waals surface area contributed by atoms with E-state index in [9.17, 15) is 24.3 Å². The Bertz CT molecular complexity index is 1230. The van der Waals surface area contributed by atoms with Crippen LogP contribution in [0.25, 0.3) is 0 Å². The van der Waals surface area contributed by atoms with Crippen molar-refractivity contribution in [3.05, 3.63) is 53.1 Å². The van der Waals surface area contributed by atoms with E-state index in [0.717, 1.165) is 17.3 Å². The minimum atomic E-state index is -1.57. The quantitative estimate of drug-likeness (QED) is 0.115. The first-order valence-corrected chi connectivity index (χ1v) is 15.7. The number of methoxy groups -OCH3 is 2. The smallest absolute Gasteiger partial charge is 0.344 e. The second-order valence-corrected chi connectivity index (χ2v) is 13.0. The zero-order valence-electron chi connectivity index (χ0n) is 27.4. The molecule has 1 saturated heterocycles. The minimum Gasteiger partial charge on any atom is -0.497 e. The molecule has 1 aliphatic heterocycles. The summed E-state index contributed by atoms with van der Waals surface area (Å²) in [5, 5.41) is 10.8. The summed E-state index contributed by atoms with van der Waals surface area (Å²) in [4.78, 5) is 50.0. The van der Waals surface area contributed by atoms with Gasteiger partial charge < -0.3 is 33.5 Å². The van der Waals surface area contributed by atoms with E-state index >= 15 is 0 Å². The lowest BCUT2D eigenvalue weighted by molar-refractivity contribution is -0.155. The molecule has 0 saturated carbocycles. The van der Waals surface area contributed by atoms with Gasteiger partial charge in [-0.2, -0.15) is 0 Å². The number of hydrogen-bond donors (Lipinski definition) is 1. The van der Waals surface area contributed by atoms with Crippen LogP contribution in [-0.2, 0) is 49.5 Å². The van der Waals surface area contributed by atoms with Crippen LogP contribution >= 0.6 is 11.8 Å². The summed E-state index contributed by atoms with van der Waals surface area (Å²) >= 11 is 1.06. The van der Waals surface area contributed by atoms with Gasteiger partial charge in [0.1, 0.15) is 18.5 Å². The Morgan fingerprint density at radius 2 is 1.78 bits per heavy atom. The summed E-state index contributed by atoms with van der Waals surface area (Å²) in [6.07, 6.45) is -0.169. The Morgan fingerprint density at radius 1 is 1.11 bits per heavy atom. The predicted octanol–water partition coefficient (Wildman–Crippen LogP) is 4.68. The summed E-state index contributed by atoms with van der Waals surface area (Å²) in [5.41, 5.74) is -0.308. The highest BCUT2D eigenvalue weighted by atomic mass is 32.2. The number of cyclic esters (lactones) is 1. The van der Waals surface area contributed by atoms with Gasteiger partial charge in [0.25, 0.3) is 0 Å². The van der Waals surface area contributed by atoms with Crippen LogP contribution in [0, 0.1) is 5.41 Å². The maximum atomic E-state index is 13.1. The number of aliphatic hydroxyl groups is 1. The predicted molar refractivity (Wildman–Crippen MR) is 168 cm³/mol. The van der Waals surface area contributed by atoms with Gasteiger partial charge in [0.2, 0.25) is 11.4 Å². The highest BCUT2D eigenvalue weighted by molar-refractivity contribution is 8.13. The summed E-state index contributed by atoms with van der Waals surface area (Å²) in [6.45, 7) is 10.6. The van der Waals surface area contributed by atoms with Crippen LogP contribution in [0.4, 0.5) is 0 Å². The molecule has 0 spiro atoms. The molecule has 12 heteroatoms. The normalized spacial score (nSPS) is 20.3. The number of esters is 3. The fourth-order valence-electron chi connectivity index (χ4n) is 4.26. The molecule has 250 valence electrons. The molecule has 1 N–H and O–H groups in total. The first-order valence-electron chi connectivity index (χ1n) is 14.7. The molecule has 0 amide bonds. The number of thioether (sulfide) groups is 1. The highest BCUT2D eigenvalue weighted by Crippen LogP contribution is 2.40. The van der Waals surface area contributed by atoms with Crippen molar-refractivity contribution < 1.29 is 52.7 Å². The molecule has 0 aliphatic carbocycles. The molecule has 1 fully saturated rings. The maximum Gasteiger partial charge on any atom is 0.344 e. The Labute approximate surface area is 269 Å². The lowest BCUT2D eigenvalue weighted by Gasteiger charge is -2.28. The van der Waals surface area contributed by atoms with Gasteiger partial charge in [-0.1, -0.05) is 63.2 Å². The first-order chi connectivity index (χ1) is 21.1. The maximum absolute atomic E-state index is 13.1. The van der Waals surface area contributed by atoms with Crippen LogP contribution in [0.3, 0.4) is 0 Å². The van der Waals surface area contributed by atoms with E-state index in [1.54, 1.807) is 26.2 Å². The van der Waals surface area contributed by atoms with Gasteiger partial charge in [-0.05, 0) is 55.7 Å². The van der Waals surface area contributed by atoms with Gasteiger partial charge in [0, 0.05) is 11.5 Å². The molecule has 1 heterocycles. The molecular formula is C33H46O11S. The number of hydrogen-bond acceptors (Lipinski definition) is 12. The van der Waals surface area contributed by atoms with Crippen LogP contribution in [-0.4, -0.2) is 78.8 Å².